The molecule has 2 N–H and O–H groups in total. The van der Waals surface area contributed by atoms with E-state index in [2.05, 4.69) is 43.4 Å². The molecular weight excluding hydrogens is 210 g/mol. The maximum Gasteiger partial charge on any atom is 0.0584 e. The van der Waals surface area contributed by atoms with E-state index in [4.69, 9.17) is 0 Å². The largest absolute Gasteiger partial charge is 0.395 e. The molecule has 17 heavy (non-hydrogen) atoms. The van der Waals surface area contributed by atoms with Crippen molar-refractivity contribution in [3.8, 4) is 0 Å². The Morgan fingerprint density at radius 1 is 1.12 bits per heavy atom. The number of hydrogen-bond acceptors (Lipinski definition) is 2. The molecule has 1 aromatic rings. The van der Waals surface area contributed by atoms with E-state index in [0.29, 0.717) is 0 Å². The minimum absolute atomic E-state index is 0.227. The van der Waals surface area contributed by atoms with Gasteiger partial charge in [-0.25, -0.2) is 0 Å². The fourth-order valence-corrected chi connectivity index (χ4v) is 1.82. The van der Waals surface area contributed by atoms with Gasteiger partial charge in [0.1, 0.15) is 0 Å². The molecule has 0 aromatic heterocycles. The number of aliphatic hydroxyl groups excluding tert-OH is 1. The van der Waals surface area contributed by atoms with Crippen molar-refractivity contribution in [1.29, 1.82) is 0 Å². The van der Waals surface area contributed by atoms with Crippen molar-refractivity contribution < 1.29 is 5.11 Å². The standard InChI is InChI=1S/C15H25NO/c1-13(2)10-11-16-15(12-17)9-8-14-6-4-3-5-7-14/h3-7,13,15-17H,8-12H2,1-2H3/t15-/m1/s1. The highest BCUT2D eigenvalue weighted by molar-refractivity contribution is 5.14. The van der Waals surface area contributed by atoms with Gasteiger partial charge in [0.2, 0.25) is 0 Å². The summed E-state index contributed by atoms with van der Waals surface area (Å²) in [6, 6.07) is 10.7. The molecule has 96 valence electrons. The molecule has 0 aliphatic carbocycles. The lowest BCUT2D eigenvalue weighted by Gasteiger charge is -2.17. The summed E-state index contributed by atoms with van der Waals surface area (Å²) in [5, 5.41) is 12.7. The van der Waals surface area contributed by atoms with Crippen molar-refractivity contribution in [2.75, 3.05) is 13.2 Å². The highest BCUT2D eigenvalue weighted by Gasteiger charge is 2.06. The maximum atomic E-state index is 9.31. The van der Waals surface area contributed by atoms with Crippen LogP contribution in [0.5, 0.6) is 0 Å². The topological polar surface area (TPSA) is 32.3 Å². The van der Waals surface area contributed by atoms with Crippen LogP contribution in [0, 0.1) is 5.92 Å². The second-order valence-electron chi connectivity index (χ2n) is 5.04. The Kier molecular flexibility index (Phi) is 6.90. The van der Waals surface area contributed by atoms with Crippen LogP contribution in [0.3, 0.4) is 0 Å². The summed E-state index contributed by atoms with van der Waals surface area (Å²) in [6.07, 6.45) is 3.20. The van der Waals surface area contributed by atoms with E-state index in [-0.39, 0.29) is 12.6 Å². The molecule has 0 saturated carbocycles. The molecule has 0 radical (unpaired) electrons. The molecule has 0 fully saturated rings. The van der Waals surface area contributed by atoms with Crippen LogP contribution >= 0.6 is 0 Å². The first-order chi connectivity index (χ1) is 8.22. The van der Waals surface area contributed by atoms with Gasteiger partial charge in [-0.2, -0.15) is 0 Å². The van der Waals surface area contributed by atoms with E-state index in [1.54, 1.807) is 0 Å². The van der Waals surface area contributed by atoms with Crippen LogP contribution in [0.15, 0.2) is 30.3 Å². The summed E-state index contributed by atoms with van der Waals surface area (Å²) in [5.74, 6) is 0.718. The molecule has 1 aromatic carbocycles. The van der Waals surface area contributed by atoms with E-state index >= 15 is 0 Å². The average Bonchev–Trinajstić information content (AvgIpc) is 2.34. The van der Waals surface area contributed by atoms with Gasteiger partial charge in [-0.3, -0.25) is 0 Å². The quantitative estimate of drug-likeness (QED) is 0.726. The van der Waals surface area contributed by atoms with Crippen LogP contribution in [0.4, 0.5) is 0 Å². The molecule has 0 saturated heterocycles. The Morgan fingerprint density at radius 3 is 2.41 bits per heavy atom. The number of rotatable bonds is 8. The summed E-state index contributed by atoms with van der Waals surface area (Å²) in [5.41, 5.74) is 1.34. The van der Waals surface area contributed by atoms with E-state index in [0.717, 1.165) is 25.3 Å². The summed E-state index contributed by atoms with van der Waals surface area (Å²) < 4.78 is 0. The zero-order chi connectivity index (χ0) is 12.5. The molecule has 0 heterocycles. The van der Waals surface area contributed by atoms with Crippen molar-refractivity contribution in [2.24, 2.45) is 5.92 Å². The SMILES string of the molecule is CC(C)CCN[C@@H](CO)CCc1ccccc1. The van der Waals surface area contributed by atoms with Crippen molar-refractivity contribution in [1.82, 2.24) is 5.32 Å². The van der Waals surface area contributed by atoms with Gasteiger partial charge in [-0.1, -0.05) is 44.2 Å². The Balaban J connectivity index is 2.23. The van der Waals surface area contributed by atoms with Gasteiger partial charge in [0.25, 0.3) is 0 Å². The Labute approximate surface area is 105 Å². The smallest absolute Gasteiger partial charge is 0.0584 e. The zero-order valence-corrected chi connectivity index (χ0v) is 11.0. The van der Waals surface area contributed by atoms with E-state index in [9.17, 15) is 5.11 Å². The maximum absolute atomic E-state index is 9.31. The van der Waals surface area contributed by atoms with E-state index < -0.39 is 0 Å². The molecule has 0 aliphatic heterocycles. The lowest BCUT2D eigenvalue weighted by molar-refractivity contribution is 0.234. The van der Waals surface area contributed by atoms with Crippen molar-refractivity contribution in [3.05, 3.63) is 35.9 Å². The Hall–Kier alpha value is -0.860. The lowest BCUT2D eigenvalue weighted by atomic mass is 10.1. The average molecular weight is 235 g/mol. The fourth-order valence-electron chi connectivity index (χ4n) is 1.82. The molecule has 0 bridgehead atoms. The van der Waals surface area contributed by atoms with Gasteiger partial charge in [-0.15, -0.1) is 0 Å². The third-order valence-electron chi connectivity index (χ3n) is 3.00. The van der Waals surface area contributed by atoms with Gasteiger partial charge in [0.05, 0.1) is 6.61 Å². The molecule has 1 rings (SSSR count). The number of benzene rings is 1. The summed E-state index contributed by atoms with van der Waals surface area (Å²) in [7, 11) is 0. The van der Waals surface area contributed by atoms with Crippen LogP contribution in [0.2, 0.25) is 0 Å². The van der Waals surface area contributed by atoms with Crippen LogP contribution in [-0.4, -0.2) is 24.3 Å². The fraction of sp³-hybridized carbons (Fsp3) is 0.600. The second-order valence-corrected chi connectivity index (χ2v) is 5.04. The molecular formula is C15H25NO. The first kappa shape index (κ1) is 14.2. The monoisotopic (exact) mass is 235 g/mol. The van der Waals surface area contributed by atoms with Gasteiger partial charge < -0.3 is 10.4 Å². The first-order valence-electron chi connectivity index (χ1n) is 6.60. The van der Waals surface area contributed by atoms with Gasteiger partial charge >= 0.3 is 0 Å². The summed E-state index contributed by atoms with van der Waals surface area (Å²) in [6.45, 7) is 5.67. The normalized spacial score (nSPS) is 12.9. The van der Waals surface area contributed by atoms with Gasteiger partial charge in [0.15, 0.2) is 0 Å². The van der Waals surface area contributed by atoms with Crippen LogP contribution in [-0.2, 0) is 6.42 Å². The van der Waals surface area contributed by atoms with Crippen molar-refractivity contribution >= 4 is 0 Å². The first-order valence-corrected chi connectivity index (χ1v) is 6.60. The summed E-state index contributed by atoms with van der Waals surface area (Å²) >= 11 is 0. The number of nitrogens with one attached hydrogen (secondary N) is 1. The minimum Gasteiger partial charge on any atom is -0.395 e. The third-order valence-corrected chi connectivity index (χ3v) is 3.00. The molecule has 1 atom stereocenters. The van der Waals surface area contributed by atoms with E-state index in [1.807, 2.05) is 6.07 Å². The molecule has 0 spiro atoms. The molecule has 0 amide bonds. The number of aliphatic hydroxyl groups is 1. The number of hydrogen-bond donors (Lipinski definition) is 2. The van der Waals surface area contributed by atoms with E-state index in [1.165, 1.54) is 12.0 Å². The third kappa shape index (κ3) is 6.44. The molecule has 0 aliphatic rings. The van der Waals surface area contributed by atoms with Gasteiger partial charge in [-0.05, 0) is 37.3 Å². The predicted octanol–water partition coefficient (Wildman–Crippen LogP) is 2.62. The van der Waals surface area contributed by atoms with Crippen LogP contribution in [0.25, 0.3) is 0 Å². The second kappa shape index (κ2) is 8.26. The minimum atomic E-state index is 0.227. The highest BCUT2D eigenvalue weighted by Crippen LogP contribution is 2.05. The molecule has 2 heteroatoms. The van der Waals surface area contributed by atoms with Crippen LogP contribution in [0.1, 0.15) is 32.3 Å². The van der Waals surface area contributed by atoms with Crippen molar-refractivity contribution in [3.63, 3.8) is 0 Å². The predicted molar refractivity (Wildman–Crippen MR) is 73.1 cm³/mol. The molecule has 2 nitrogen and oxygen atoms in total. The Morgan fingerprint density at radius 2 is 1.82 bits per heavy atom. The summed E-state index contributed by atoms with van der Waals surface area (Å²) in [4.78, 5) is 0. The highest BCUT2D eigenvalue weighted by atomic mass is 16.3. The number of aryl methyl sites for hydroxylation is 1. The lowest BCUT2D eigenvalue weighted by Crippen LogP contribution is -2.34. The molecule has 0 unspecified atom stereocenters. The Bertz CT molecular complexity index is 284. The van der Waals surface area contributed by atoms with Crippen molar-refractivity contribution in [2.45, 2.75) is 39.2 Å². The van der Waals surface area contributed by atoms with Gasteiger partial charge in [0, 0.05) is 6.04 Å². The van der Waals surface area contributed by atoms with Crippen LogP contribution < -0.4 is 5.32 Å². The zero-order valence-electron chi connectivity index (χ0n) is 11.0.